The molecule has 1 N–H and O–H groups in total. The Morgan fingerprint density at radius 1 is 1.20 bits per heavy atom. The van der Waals surface area contributed by atoms with E-state index in [1.807, 2.05) is 25.8 Å². The summed E-state index contributed by atoms with van der Waals surface area (Å²) in [5.74, 6) is -1.21. The van der Waals surface area contributed by atoms with Gasteiger partial charge >= 0.3 is 11.9 Å². The largest absolute Gasteiger partial charge is 0.478 e. The second-order valence-electron chi connectivity index (χ2n) is 5.08. The van der Waals surface area contributed by atoms with E-state index in [2.05, 4.69) is 0 Å². The Kier molecular flexibility index (Phi) is 5.70. The summed E-state index contributed by atoms with van der Waals surface area (Å²) in [5.41, 5.74) is 1.20. The summed E-state index contributed by atoms with van der Waals surface area (Å²) >= 11 is 0. The van der Waals surface area contributed by atoms with Gasteiger partial charge in [-0.25, -0.2) is 4.79 Å². The second kappa shape index (κ2) is 7.05. The van der Waals surface area contributed by atoms with E-state index in [4.69, 9.17) is 9.84 Å². The number of hydrogen-bond donors (Lipinski definition) is 1. The fourth-order valence-corrected chi connectivity index (χ4v) is 1.69. The number of carbonyl (C=O) groups is 2. The molecule has 0 aliphatic heterocycles. The van der Waals surface area contributed by atoms with E-state index in [9.17, 15) is 9.59 Å². The van der Waals surface area contributed by atoms with Gasteiger partial charge in [-0.1, -0.05) is 12.1 Å². The number of nitrogens with zero attached hydrogens (tertiary/aromatic N) is 1. The molecular formula is C15H21NO4. The van der Waals surface area contributed by atoms with Crippen molar-refractivity contribution in [1.82, 2.24) is 4.90 Å². The number of hydrogen-bond acceptors (Lipinski definition) is 4. The summed E-state index contributed by atoms with van der Waals surface area (Å²) in [4.78, 5) is 24.4. The Hall–Kier alpha value is -1.88. The Labute approximate surface area is 119 Å². The van der Waals surface area contributed by atoms with Crippen LogP contribution in [0.4, 0.5) is 0 Å². The predicted molar refractivity (Wildman–Crippen MR) is 75.6 cm³/mol. The second-order valence-corrected chi connectivity index (χ2v) is 5.08. The van der Waals surface area contributed by atoms with Gasteiger partial charge in [-0.2, -0.15) is 0 Å². The summed E-state index contributed by atoms with van der Waals surface area (Å²) in [6.07, 6.45) is -0.131. The molecule has 1 aromatic rings. The SMILES string of the molecule is CC(C)OC(=O)C(C)N(C)Cc1ccc(C(=O)O)cc1. The minimum Gasteiger partial charge on any atom is -0.478 e. The van der Waals surface area contributed by atoms with Crippen LogP contribution in [0.5, 0.6) is 0 Å². The Bertz CT molecular complexity index is 467. The molecule has 0 bridgehead atoms. The van der Waals surface area contributed by atoms with Crippen molar-refractivity contribution in [2.24, 2.45) is 0 Å². The maximum atomic E-state index is 11.8. The molecule has 0 saturated carbocycles. The normalized spacial score (nSPS) is 12.5. The lowest BCUT2D eigenvalue weighted by molar-refractivity contribution is -0.152. The van der Waals surface area contributed by atoms with E-state index >= 15 is 0 Å². The van der Waals surface area contributed by atoms with Crippen molar-refractivity contribution in [3.63, 3.8) is 0 Å². The third-order valence-corrected chi connectivity index (χ3v) is 2.99. The summed E-state index contributed by atoms with van der Waals surface area (Å²) in [5, 5.41) is 8.83. The maximum Gasteiger partial charge on any atom is 0.335 e. The molecular weight excluding hydrogens is 258 g/mol. The summed E-state index contributed by atoms with van der Waals surface area (Å²) < 4.78 is 5.16. The molecule has 20 heavy (non-hydrogen) atoms. The van der Waals surface area contributed by atoms with E-state index in [-0.39, 0.29) is 23.7 Å². The first kappa shape index (κ1) is 16.2. The van der Waals surface area contributed by atoms with Gasteiger partial charge in [0, 0.05) is 6.54 Å². The molecule has 1 rings (SSSR count). The Morgan fingerprint density at radius 3 is 2.20 bits per heavy atom. The van der Waals surface area contributed by atoms with E-state index in [1.165, 1.54) is 0 Å². The molecule has 0 spiro atoms. The molecule has 0 aromatic heterocycles. The van der Waals surface area contributed by atoms with Crippen molar-refractivity contribution < 1.29 is 19.4 Å². The molecule has 0 aliphatic carbocycles. The first-order valence-corrected chi connectivity index (χ1v) is 6.54. The Balaban J connectivity index is 2.63. The minimum atomic E-state index is -0.946. The van der Waals surface area contributed by atoms with Crippen molar-refractivity contribution in [1.29, 1.82) is 0 Å². The molecule has 0 aliphatic rings. The number of rotatable bonds is 6. The molecule has 0 heterocycles. The van der Waals surface area contributed by atoms with Crippen LogP contribution in [0.25, 0.3) is 0 Å². The van der Waals surface area contributed by atoms with Gasteiger partial charge < -0.3 is 9.84 Å². The van der Waals surface area contributed by atoms with E-state index < -0.39 is 5.97 Å². The average Bonchev–Trinajstić information content (AvgIpc) is 2.37. The molecule has 0 fully saturated rings. The van der Waals surface area contributed by atoms with Gasteiger partial charge in [0.05, 0.1) is 11.7 Å². The smallest absolute Gasteiger partial charge is 0.335 e. The van der Waals surface area contributed by atoms with Crippen molar-refractivity contribution >= 4 is 11.9 Å². The van der Waals surface area contributed by atoms with Crippen molar-refractivity contribution in [2.45, 2.75) is 39.5 Å². The molecule has 1 atom stereocenters. The number of carboxylic acids is 1. The van der Waals surface area contributed by atoms with Gasteiger partial charge in [-0.15, -0.1) is 0 Å². The molecule has 1 aromatic carbocycles. The topological polar surface area (TPSA) is 66.8 Å². The summed E-state index contributed by atoms with van der Waals surface area (Å²) in [7, 11) is 1.83. The van der Waals surface area contributed by atoms with Crippen LogP contribution in [-0.4, -0.2) is 41.1 Å². The lowest BCUT2D eigenvalue weighted by Crippen LogP contribution is -2.37. The van der Waals surface area contributed by atoms with Crippen molar-refractivity contribution in [3.8, 4) is 0 Å². The number of likely N-dealkylation sites (N-methyl/N-ethyl adjacent to an activating group) is 1. The number of benzene rings is 1. The van der Waals surface area contributed by atoms with Gasteiger partial charge in [0.15, 0.2) is 0 Å². The quantitative estimate of drug-likeness (QED) is 0.808. The van der Waals surface area contributed by atoms with Crippen LogP contribution in [0.1, 0.15) is 36.7 Å². The first-order chi connectivity index (χ1) is 9.31. The summed E-state index contributed by atoms with van der Waals surface area (Å²) in [6.45, 7) is 5.97. The average molecular weight is 279 g/mol. The van der Waals surface area contributed by atoms with Gasteiger partial charge in [-0.3, -0.25) is 9.69 Å². The third kappa shape index (κ3) is 4.66. The van der Waals surface area contributed by atoms with Crippen LogP contribution in [0.2, 0.25) is 0 Å². The van der Waals surface area contributed by atoms with Crippen LogP contribution in [0.3, 0.4) is 0 Å². The molecule has 5 nitrogen and oxygen atoms in total. The van der Waals surface area contributed by atoms with Crippen LogP contribution >= 0.6 is 0 Å². The number of esters is 1. The van der Waals surface area contributed by atoms with Crippen LogP contribution in [0, 0.1) is 0 Å². The van der Waals surface area contributed by atoms with Crippen LogP contribution in [-0.2, 0) is 16.1 Å². The molecule has 0 saturated heterocycles. The zero-order valence-corrected chi connectivity index (χ0v) is 12.3. The minimum absolute atomic E-state index is 0.131. The first-order valence-electron chi connectivity index (χ1n) is 6.54. The van der Waals surface area contributed by atoms with Crippen LogP contribution < -0.4 is 0 Å². The highest BCUT2D eigenvalue weighted by atomic mass is 16.5. The van der Waals surface area contributed by atoms with Crippen molar-refractivity contribution in [2.75, 3.05) is 7.05 Å². The van der Waals surface area contributed by atoms with Gasteiger partial charge in [0.1, 0.15) is 6.04 Å². The van der Waals surface area contributed by atoms with Gasteiger partial charge in [0.25, 0.3) is 0 Å². The molecule has 1 unspecified atom stereocenters. The summed E-state index contributed by atoms with van der Waals surface area (Å²) in [6, 6.07) is 6.27. The lowest BCUT2D eigenvalue weighted by Gasteiger charge is -2.24. The van der Waals surface area contributed by atoms with E-state index in [1.54, 1.807) is 31.2 Å². The Morgan fingerprint density at radius 2 is 1.75 bits per heavy atom. The lowest BCUT2D eigenvalue weighted by atomic mass is 10.1. The number of aromatic carboxylic acids is 1. The monoisotopic (exact) mass is 279 g/mol. The maximum absolute atomic E-state index is 11.8. The number of carboxylic acid groups (broad SMARTS) is 1. The third-order valence-electron chi connectivity index (χ3n) is 2.99. The highest BCUT2D eigenvalue weighted by Crippen LogP contribution is 2.10. The highest BCUT2D eigenvalue weighted by Gasteiger charge is 2.20. The van der Waals surface area contributed by atoms with E-state index in [0.29, 0.717) is 6.54 Å². The van der Waals surface area contributed by atoms with Gasteiger partial charge in [-0.05, 0) is 45.5 Å². The molecule has 0 amide bonds. The fourth-order valence-electron chi connectivity index (χ4n) is 1.69. The molecule has 110 valence electrons. The van der Waals surface area contributed by atoms with Gasteiger partial charge in [0.2, 0.25) is 0 Å². The van der Waals surface area contributed by atoms with Crippen LogP contribution in [0.15, 0.2) is 24.3 Å². The van der Waals surface area contributed by atoms with E-state index in [0.717, 1.165) is 5.56 Å². The standard InChI is InChI=1S/C15H21NO4/c1-10(2)20-15(19)11(3)16(4)9-12-5-7-13(8-6-12)14(17)18/h5-8,10-11H,9H2,1-4H3,(H,17,18). The fraction of sp³-hybridized carbons (Fsp3) is 0.467. The zero-order valence-electron chi connectivity index (χ0n) is 12.3. The number of carbonyl (C=O) groups excluding carboxylic acids is 1. The predicted octanol–water partition coefficient (Wildman–Crippen LogP) is 2.16. The molecule has 0 radical (unpaired) electrons. The molecule has 5 heteroatoms. The van der Waals surface area contributed by atoms with Crippen molar-refractivity contribution in [3.05, 3.63) is 35.4 Å². The number of ether oxygens (including phenoxy) is 1. The zero-order chi connectivity index (χ0) is 15.3. The highest BCUT2D eigenvalue weighted by molar-refractivity contribution is 5.87.